The van der Waals surface area contributed by atoms with Gasteiger partial charge in [0.25, 0.3) is 0 Å². The number of halogens is 1. The number of benzene rings is 2. The summed E-state index contributed by atoms with van der Waals surface area (Å²) in [6.45, 7) is 3.05. The minimum absolute atomic E-state index is 0.0723. The molecule has 2 aliphatic rings. The van der Waals surface area contributed by atoms with Crippen molar-refractivity contribution in [3.05, 3.63) is 71.5 Å². The zero-order valence-corrected chi connectivity index (χ0v) is 18.1. The van der Waals surface area contributed by atoms with E-state index in [1.54, 1.807) is 7.05 Å². The second-order valence-corrected chi connectivity index (χ2v) is 8.74. The molecule has 6 heteroatoms. The second kappa shape index (κ2) is 9.50. The Hall–Kier alpha value is -2.89. The van der Waals surface area contributed by atoms with Crippen molar-refractivity contribution in [3.63, 3.8) is 0 Å². The van der Waals surface area contributed by atoms with Crippen molar-refractivity contribution in [2.75, 3.05) is 33.2 Å². The van der Waals surface area contributed by atoms with Gasteiger partial charge in [0.05, 0.1) is 0 Å². The molecule has 1 unspecified atom stereocenters. The van der Waals surface area contributed by atoms with Crippen molar-refractivity contribution < 1.29 is 9.18 Å². The number of hydrogen-bond acceptors (Lipinski definition) is 2. The molecule has 0 spiro atoms. The Morgan fingerprint density at radius 3 is 2.55 bits per heavy atom. The highest BCUT2D eigenvalue weighted by molar-refractivity contribution is 5.81. The van der Waals surface area contributed by atoms with Gasteiger partial charge in [0.1, 0.15) is 5.82 Å². The number of amides is 1. The van der Waals surface area contributed by atoms with Gasteiger partial charge < -0.3 is 15.5 Å². The third-order valence-electron chi connectivity index (χ3n) is 6.49. The number of likely N-dealkylation sites (tertiary alicyclic amines) is 1. The zero-order chi connectivity index (χ0) is 21.7. The molecule has 0 bridgehead atoms. The van der Waals surface area contributed by atoms with Crippen molar-refractivity contribution in [3.8, 4) is 0 Å². The highest BCUT2D eigenvalue weighted by Crippen LogP contribution is 2.47. The highest BCUT2D eigenvalue weighted by atomic mass is 19.1. The van der Waals surface area contributed by atoms with Crippen LogP contribution in [-0.2, 0) is 16.6 Å². The summed E-state index contributed by atoms with van der Waals surface area (Å²) in [4.78, 5) is 18.7. The van der Waals surface area contributed by atoms with Crippen LogP contribution in [0.2, 0.25) is 0 Å². The molecule has 2 aromatic carbocycles. The summed E-state index contributed by atoms with van der Waals surface area (Å²) < 4.78 is 13.2. The Balaban J connectivity index is 1.22. The number of nitrogens with one attached hydrogen (secondary N) is 2. The van der Waals surface area contributed by atoms with E-state index < -0.39 is 0 Å². The molecule has 4 rings (SSSR count). The lowest BCUT2D eigenvalue weighted by Crippen LogP contribution is -2.43. The van der Waals surface area contributed by atoms with Crippen LogP contribution in [-0.4, -0.2) is 50.0 Å². The van der Waals surface area contributed by atoms with Gasteiger partial charge in [0, 0.05) is 51.0 Å². The molecule has 1 saturated heterocycles. The van der Waals surface area contributed by atoms with E-state index in [9.17, 15) is 9.18 Å². The van der Waals surface area contributed by atoms with E-state index in [1.807, 2.05) is 35.2 Å². The molecule has 1 saturated carbocycles. The van der Waals surface area contributed by atoms with Crippen LogP contribution in [0, 0.1) is 11.7 Å². The molecule has 1 aliphatic carbocycles. The summed E-state index contributed by atoms with van der Waals surface area (Å²) in [7, 11) is 1.76. The largest absolute Gasteiger partial charge is 0.356 e. The number of nitrogens with zero attached hydrogens (tertiary/aromatic N) is 2. The molecule has 1 atom stereocenters. The summed E-state index contributed by atoms with van der Waals surface area (Å²) in [6.07, 6.45) is 3.66. The smallest absolute Gasteiger partial charge is 0.223 e. The van der Waals surface area contributed by atoms with Crippen LogP contribution in [0.3, 0.4) is 0 Å². The molecule has 31 heavy (non-hydrogen) atoms. The van der Waals surface area contributed by atoms with E-state index in [1.165, 1.54) is 23.3 Å². The van der Waals surface area contributed by atoms with E-state index >= 15 is 0 Å². The quantitative estimate of drug-likeness (QED) is 0.508. The van der Waals surface area contributed by atoms with Gasteiger partial charge in [-0.1, -0.05) is 42.5 Å². The Kier molecular flexibility index (Phi) is 6.54. The number of rotatable bonds is 8. The van der Waals surface area contributed by atoms with Gasteiger partial charge in [0.15, 0.2) is 5.96 Å². The number of guanidine groups is 1. The maximum absolute atomic E-state index is 13.2. The fraction of sp³-hybridized carbons (Fsp3) is 0.440. The molecule has 1 aliphatic heterocycles. The van der Waals surface area contributed by atoms with Crippen molar-refractivity contribution in [1.82, 2.24) is 15.5 Å². The van der Waals surface area contributed by atoms with Crippen LogP contribution >= 0.6 is 0 Å². The zero-order valence-electron chi connectivity index (χ0n) is 18.1. The van der Waals surface area contributed by atoms with Crippen molar-refractivity contribution in [2.45, 2.75) is 31.1 Å². The van der Waals surface area contributed by atoms with Crippen molar-refractivity contribution in [1.29, 1.82) is 0 Å². The molecule has 0 aromatic heterocycles. The van der Waals surface area contributed by atoms with Crippen molar-refractivity contribution in [2.24, 2.45) is 10.9 Å². The van der Waals surface area contributed by atoms with E-state index in [4.69, 9.17) is 0 Å². The van der Waals surface area contributed by atoms with Crippen LogP contribution in [0.15, 0.2) is 59.6 Å². The minimum atomic E-state index is -0.200. The van der Waals surface area contributed by atoms with Crippen LogP contribution in [0.5, 0.6) is 0 Å². The molecule has 2 N–H and O–H groups in total. The standard InChI is InChI=1S/C25H31FN4O/c1-27-24(29-18-25(12-13-25)21-7-9-22(26)10-8-21)28-16-20-15-23(31)30(17-20)14-11-19-5-3-2-4-6-19/h2-10,20H,11-18H2,1H3,(H2,27,28,29). The Morgan fingerprint density at radius 1 is 1.13 bits per heavy atom. The predicted molar refractivity (Wildman–Crippen MR) is 122 cm³/mol. The summed E-state index contributed by atoms with van der Waals surface area (Å²) in [5.41, 5.74) is 2.51. The lowest BCUT2D eigenvalue weighted by atomic mass is 9.96. The Morgan fingerprint density at radius 2 is 1.87 bits per heavy atom. The monoisotopic (exact) mass is 422 g/mol. The molecule has 5 nitrogen and oxygen atoms in total. The first-order valence-electron chi connectivity index (χ1n) is 11.1. The molecule has 1 amide bonds. The van der Waals surface area contributed by atoms with Gasteiger partial charge in [-0.15, -0.1) is 0 Å². The van der Waals surface area contributed by atoms with Crippen LogP contribution in [0.1, 0.15) is 30.4 Å². The van der Waals surface area contributed by atoms with Crippen LogP contribution in [0.25, 0.3) is 0 Å². The average molecular weight is 423 g/mol. The van der Waals surface area contributed by atoms with E-state index in [0.717, 1.165) is 51.4 Å². The summed E-state index contributed by atoms with van der Waals surface area (Å²) in [5.74, 6) is 1.07. The molecule has 164 valence electrons. The maximum Gasteiger partial charge on any atom is 0.223 e. The van der Waals surface area contributed by atoms with Gasteiger partial charge in [0.2, 0.25) is 5.91 Å². The predicted octanol–water partition coefficient (Wildman–Crippen LogP) is 3.11. The number of aliphatic imine (C=N–C) groups is 1. The maximum atomic E-state index is 13.2. The average Bonchev–Trinajstić information content (AvgIpc) is 3.50. The molecular formula is C25H31FN4O. The molecule has 2 aromatic rings. The molecular weight excluding hydrogens is 391 g/mol. The third-order valence-corrected chi connectivity index (χ3v) is 6.49. The number of carbonyl (C=O) groups is 1. The molecule has 1 heterocycles. The second-order valence-electron chi connectivity index (χ2n) is 8.74. The lowest BCUT2D eigenvalue weighted by molar-refractivity contribution is -0.127. The van der Waals surface area contributed by atoms with Gasteiger partial charge in [-0.3, -0.25) is 9.79 Å². The number of hydrogen-bond donors (Lipinski definition) is 2. The summed E-state index contributed by atoms with van der Waals surface area (Å²) in [5, 5.41) is 6.81. The topological polar surface area (TPSA) is 56.7 Å². The summed E-state index contributed by atoms with van der Waals surface area (Å²) in [6, 6.07) is 17.1. The van der Waals surface area contributed by atoms with Gasteiger partial charge in [-0.25, -0.2) is 4.39 Å². The van der Waals surface area contributed by atoms with Gasteiger partial charge in [-0.2, -0.15) is 0 Å². The van der Waals surface area contributed by atoms with E-state index in [2.05, 4.69) is 27.8 Å². The van der Waals surface area contributed by atoms with Crippen LogP contribution < -0.4 is 10.6 Å². The van der Waals surface area contributed by atoms with Crippen LogP contribution in [0.4, 0.5) is 4.39 Å². The Labute approximate surface area is 183 Å². The lowest BCUT2D eigenvalue weighted by Gasteiger charge is -2.20. The van der Waals surface area contributed by atoms with Crippen molar-refractivity contribution >= 4 is 11.9 Å². The number of carbonyl (C=O) groups excluding carboxylic acids is 1. The normalized spacial score (nSPS) is 20.1. The minimum Gasteiger partial charge on any atom is -0.356 e. The first-order chi connectivity index (χ1) is 15.1. The first kappa shape index (κ1) is 21.3. The van der Waals surface area contributed by atoms with Gasteiger partial charge in [-0.05, 0) is 42.5 Å². The fourth-order valence-corrected chi connectivity index (χ4v) is 4.35. The summed E-state index contributed by atoms with van der Waals surface area (Å²) >= 11 is 0. The Bertz CT molecular complexity index is 909. The van der Waals surface area contributed by atoms with Gasteiger partial charge >= 0.3 is 0 Å². The third kappa shape index (κ3) is 5.43. The van der Waals surface area contributed by atoms with E-state index in [0.29, 0.717) is 6.42 Å². The highest BCUT2D eigenvalue weighted by Gasteiger charge is 2.44. The first-order valence-corrected chi connectivity index (χ1v) is 11.1. The molecule has 2 fully saturated rings. The molecule has 0 radical (unpaired) electrons. The fourth-order valence-electron chi connectivity index (χ4n) is 4.35. The SMILES string of the molecule is CN=C(NCC1CC(=O)N(CCc2ccccc2)C1)NCC1(c2ccc(F)cc2)CC1. The van der Waals surface area contributed by atoms with E-state index in [-0.39, 0.29) is 23.1 Å².